The van der Waals surface area contributed by atoms with Gasteiger partial charge < -0.3 is 20.1 Å². The second kappa shape index (κ2) is 6.96. The first-order chi connectivity index (χ1) is 9.65. The molecule has 108 valence electrons. The number of hydrogen-bond acceptors (Lipinski definition) is 4. The zero-order valence-electron chi connectivity index (χ0n) is 11.8. The minimum atomic E-state index is -0.103. The van der Waals surface area contributed by atoms with Crippen LogP contribution in [-0.2, 0) is 4.79 Å². The number of benzene rings is 1. The van der Waals surface area contributed by atoms with Gasteiger partial charge in [0.15, 0.2) is 11.5 Å². The third-order valence-electron chi connectivity index (χ3n) is 2.80. The van der Waals surface area contributed by atoms with Crippen molar-refractivity contribution in [2.24, 2.45) is 0 Å². The Morgan fingerprint density at radius 1 is 1.30 bits per heavy atom. The van der Waals surface area contributed by atoms with E-state index in [-0.39, 0.29) is 12.7 Å². The Morgan fingerprint density at radius 3 is 2.90 bits per heavy atom. The predicted molar refractivity (Wildman–Crippen MR) is 77.7 cm³/mol. The molecule has 0 atom stereocenters. The maximum atomic E-state index is 11.6. The SMILES string of the molecule is CC(C)NCCNC(=O)C=Cc1ccc2c(c1)OCO2. The van der Waals surface area contributed by atoms with Gasteiger partial charge in [-0.05, 0) is 23.8 Å². The highest BCUT2D eigenvalue weighted by atomic mass is 16.7. The van der Waals surface area contributed by atoms with Crippen molar-refractivity contribution in [1.82, 2.24) is 10.6 Å². The summed E-state index contributed by atoms with van der Waals surface area (Å²) in [6.07, 6.45) is 3.28. The lowest BCUT2D eigenvalue weighted by Crippen LogP contribution is -2.33. The van der Waals surface area contributed by atoms with E-state index in [0.29, 0.717) is 18.3 Å². The highest BCUT2D eigenvalue weighted by Crippen LogP contribution is 2.32. The highest BCUT2D eigenvalue weighted by molar-refractivity contribution is 5.91. The topological polar surface area (TPSA) is 59.6 Å². The van der Waals surface area contributed by atoms with E-state index < -0.39 is 0 Å². The molecular weight excluding hydrogens is 256 g/mol. The van der Waals surface area contributed by atoms with Crippen molar-refractivity contribution in [1.29, 1.82) is 0 Å². The lowest BCUT2D eigenvalue weighted by molar-refractivity contribution is -0.116. The monoisotopic (exact) mass is 276 g/mol. The van der Waals surface area contributed by atoms with Crippen LogP contribution in [0.3, 0.4) is 0 Å². The summed E-state index contributed by atoms with van der Waals surface area (Å²) in [5.74, 6) is 1.35. The summed E-state index contributed by atoms with van der Waals surface area (Å²) >= 11 is 0. The average molecular weight is 276 g/mol. The van der Waals surface area contributed by atoms with Crippen LogP contribution in [0.25, 0.3) is 6.08 Å². The quantitative estimate of drug-likeness (QED) is 0.611. The molecule has 2 rings (SSSR count). The molecule has 5 nitrogen and oxygen atoms in total. The van der Waals surface area contributed by atoms with Crippen LogP contribution in [0.5, 0.6) is 11.5 Å². The number of nitrogens with one attached hydrogen (secondary N) is 2. The van der Waals surface area contributed by atoms with E-state index in [2.05, 4.69) is 24.5 Å². The van der Waals surface area contributed by atoms with Gasteiger partial charge in [0.25, 0.3) is 0 Å². The van der Waals surface area contributed by atoms with Gasteiger partial charge in [-0.1, -0.05) is 19.9 Å². The van der Waals surface area contributed by atoms with Crippen LogP contribution in [-0.4, -0.2) is 31.8 Å². The molecule has 1 aliphatic heterocycles. The zero-order chi connectivity index (χ0) is 14.4. The first-order valence-electron chi connectivity index (χ1n) is 6.74. The van der Waals surface area contributed by atoms with Crippen molar-refractivity contribution in [3.63, 3.8) is 0 Å². The normalized spacial score (nSPS) is 13.2. The molecule has 0 bridgehead atoms. The third-order valence-corrected chi connectivity index (χ3v) is 2.80. The second-order valence-corrected chi connectivity index (χ2v) is 4.85. The number of amides is 1. The van der Waals surface area contributed by atoms with Crippen LogP contribution in [0.4, 0.5) is 0 Å². The molecule has 20 heavy (non-hydrogen) atoms. The molecule has 0 spiro atoms. The van der Waals surface area contributed by atoms with Crippen LogP contribution in [0.2, 0.25) is 0 Å². The van der Waals surface area contributed by atoms with E-state index in [1.54, 1.807) is 6.08 Å². The van der Waals surface area contributed by atoms with Crippen molar-refractivity contribution < 1.29 is 14.3 Å². The van der Waals surface area contributed by atoms with E-state index in [9.17, 15) is 4.79 Å². The summed E-state index contributed by atoms with van der Waals surface area (Å²) in [6.45, 7) is 5.78. The smallest absolute Gasteiger partial charge is 0.244 e. The molecular formula is C15H20N2O3. The van der Waals surface area contributed by atoms with Crippen LogP contribution < -0.4 is 20.1 Å². The molecule has 2 N–H and O–H groups in total. The zero-order valence-corrected chi connectivity index (χ0v) is 11.8. The van der Waals surface area contributed by atoms with Gasteiger partial charge in [-0.15, -0.1) is 0 Å². The highest BCUT2D eigenvalue weighted by Gasteiger charge is 2.12. The Hall–Kier alpha value is -2.01. The molecule has 1 aliphatic rings. The Bertz CT molecular complexity index is 498. The van der Waals surface area contributed by atoms with Gasteiger partial charge in [0.1, 0.15) is 0 Å². The number of hydrogen-bond donors (Lipinski definition) is 2. The Morgan fingerprint density at radius 2 is 2.10 bits per heavy atom. The van der Waals surface area contributed by atoms with E-state index >= 15 is 0 Å². The summed E-state index contributed by atoms with van der Waals surface area (Å²) in [5, 5.41) is 6.05. The van der Waals surface area contributed by atoms with Crippen molar-refractivity contribution in [3.05, 3.63) is 29.8 Å². The summed E-state index contributed by atoms with van der Waals surface area (Å²) in [4.78, 5) is 11.6. The lowest BCUT2D eigenvalue weighted by Gasteiger charge is -2.07. The van der Waals surface area contributed by atoms with Gasteiger partial charge >= 0.3 is 0 Å². The average Bonchev–Trinajstić information content (AvgIpc) is 2.88. The standard InChI is InChI=1S/C15H20N2O3/c1-11(2)16-7-8-17-15(18)6-4-12-3-5-13-14(9-12)20-10-19-13/h3-6,9,11,16H,7-8,10H2,1-2H3,(H,17,18). The summed E-state index contributed by atoms with van der Waals surface area (Å²) in [7, 11) is 0. The van der Waals surface area contributed by atoms with Gasteiger partial charge in [-0.3, -0.25) is 4.79 Å². The molecule has 0 saturated heterocycles. The lowest BCUT2D eigenvalue weighted by atomic mass is 10.2. The molecule has 1 aromatic rings. The number of carbonyl (C=O) groups is 1. The van der Waals surface area contributed by atoms with Crippen molar-refractivity contribution in [2.45, 2.75) is 19.9 Å². The van der Waals surface area contributed by atoms with Gasteiger partial charge in [0, 0.05) is 25.2 Å². The van der Waals surface area contributed by atoms with Gasteiger partial charge in [0.2, 0.25) is 12.7 Å². The molecule has 0 aromatic heterocycles. The predicted octanol–water partition coefficient (Wildman–Crippen LogP) is 1.54. The van der Waals surface area contributed by atoms with Crippen molar-refractivity contribution in [2.75, 3.05) is 19.9 Å². The minimum Gasteiger partial charge on any atom is -0.454 e. The summed E-state index contributed by atoms with van der Waals surface area (Å²) in [5.41, 5.74) is 0.907. The molecule has 5 heteroatoms. The van der Waals surface area contributed by atoms with Gasteiger partial charge in [-0.25, -0.2) is 0 Å². The minimum absolute atomic E-state index is 0.103. The Labute approximate surface area is 119 Å². The van der Waals surface area contributed by atoms with E-state index in [0.717, 1.165) is 17.9 Å². The van der Waals surface area contributed by atoms with E-state index in [4.69, 9.17) is 9.47 Å². The number of fused-ring (bicyclic) bond motifs is 1. The summed E-state index contributed by atoms with van der Waals surface area (Å²) in [6, 6.07) is 6.01. The molecule has 0 unspecified atom stereocenters. The van der Waals surface area contributed by atoms with Gasteiger partial charge in [-0.2, -0.15) is 0 Å². The first kappa shape index (κ1) is 14.4. The van der Waals surface area contributed by atoms with Crippen LogP contribution in [0, 0.1) is 0 Å². The Balaban J connectivity index is 1.79. The maximum Gasteiger partial charge on any atom is 0.244 e. The molecule has 0 saturated carbocycles. The fourth-order valence-electron chi connectivity index (χ4n) is 1.79. The molecule has 0 aliphatic carbocycles. The first-order valence-corrected chi connectivity index (χ1v) is 6.74. The summed E-state index contributed by atoms with van der Waals surface area (Å²) < 4.78 is 10.5. The number of carbonyl (C=O) groups excluding carboxylic acids is 1. The molecule has 1 amide bonds. The van der Waals surface area contributed by atoms with Crippen molar-refractivity contribution in [3.8, 4) is 11.5 Å². The van der Waals surface area contributed by atoms with Crippen LogP contribution >= 0.6 is 0 Å². The molecule has 1 heterocycles. The fraction of sp³-hybridized carbons (Fsp3) is 0.400. The van der Waals surface area contributed by atoms with E-state index in [1.165, 1.54) is 6.08 Å². The van der Waals surface area contributed by atoms with E-state index in [1.807, 2.05) is 18.2 Å². The van der Waals surface area contributed by atoms with Crippen LogP contribution in [0.15, 0.2) is 24.3 Å². The number of rotatable bonds is 6. The maximum absolute atomic E-state index is 11.6. The molecule has 1 aromatic carbocycles. The van der Waals surface area contributed by atoms with Crippen LogP contribution in [0.1, 0.15) is 19.4 Å². The van der Waals surface area contributed by atoms with Gasteiger partial charge in [0.05, 0.1) is 0 Å². The third kappa shape index (κ3) is 4.28. The second-order valence-electron chi connectivity index (χ2n) is 4.85. The number of ether oxygens (including phenoxy) is 2. The molecule has 0 fully saturated rings. The largest absolute Gasteiger partial charge is 0.454 e. The Kier molecular flexibility index (Phi) is 5.01. The fourth-order valence-corrected chi connectivity index (χ4v) is 1.79. The molecule has 0 radical (unpaired) electrons. The van der Waals surface area contributed by atoms with Crippen molar-refractivity contribution >= 4 is 12.0 Å².